The standard InChI is InChI=1S/C27H29N3O5S2/c31-25-19-36-27(30(25)18-23-6-5-17-35-23)21-9-7-20(8-10-21)26(32)28-22-11-13-24(14-12-22)37(33,34)29-15-3-1-2-4-16-29/h5-14,17,27H,1-4,15-16,18-19H2,(H,28,32). The maximum Gasteiger partial charge on any atom is 0.255 e. The Kier molecular flexibility index (Phi) is 7.68. The molecule has 10 heteroatoms. The van der Waals surface area contributed by atoms with E-state index in [1.165, 1.54) is 0 Å². The summed E-state index contributed by atoms with van der Waals surface area (Å²) in [6.07, 6.45) is 5.46. The van der Waals surface area contributed by atoms with Crippen molar-refractivity contribution in [1.29, 1.82) is 0 Å². The molecule has 2 fully saturated rings. The molecule has 2 aliphatic heterocycles. The summed E-state index contributed by atoms with van der Waals surface area (Å²) >= 11 is 1.55. The van der Waals surface area contributed by atoms with Crippen LogP contribution >= 0.6 is 11.8 Å². The van der Waals surface area contributed by atoms with Crippen LogP contribution < -0.4 is 5.32 Å². The molecule has 0 radical (unpaired) electrons. The van der Waals surface area contributed by atoms with Gasteiger partial charge in [0.1, 0.15) is 11.1 Å². The molecular formula is C27H29N3O5S2. The van der Waals surface area contributed by atoms with Gasteiger partial charge in [-0.1, -0.05) is 25.0 Å². The molecule has 1 N–H and O–H groups in total. The Bertz CT molecular complexity index is 1330. The second kappa shape index (κ2) is 11.1. The molecule has 2 aliphatic rings. The van der Waals surface area contributed by atoms with Crippen molar-refractivity contribution in [3.05, 3.63) is 83.8 Å². The van der Waals surface area contributed by atoms with E-state index in [1.54, 1.807) is 69.7 Å². The summed E-state index contributed by atoms with van der Waals surface area (Å²) in [5.41, 5.74) is 1.92. The summed E-state index contributed by atoms with van der Waals surface area (Å²) in [4.78, 5) is 27.2. The van der Waals surface area contributed by atoms with Crippen LogP contribution in [0.4, 0.5) is 5.69 Å². The molecule has 1 atom stereocenters. The number of carbonyl (C=O) groups is 2. The molecule has 3 aromatic rings. The monoisotopic (exact) mass is 539 g/mol. The van der Waals surface area contributed by atoms with Crippen molar-refractivity contribution < 1.29 is 22.4 Å². The highest BCUT2D eigenvalue weighted by atomic mass is 32.2. The molecule has 0 spiro atoms. The number of furan rings is 1. The summed E-state index contributed by atoms with van der Waals surface area (Å²) in [6.45, 7) is 1.49. The zero-order valence-electron chi connectivity index (χ0n) is 20.3. The Morgan fingerprint density at radius 2 is 1.68 bits per heavy atom. The van der Waals surface area contributed by atoms with Gasteiger partial charge < -0.3 is 14.6 Å². The largest absolute Gasteiger partial charge is 0.467 e. The van der Waals surface area contributed by atoms with E-state index in [4.69, 9.17) is 4.42 Å². The average Bonchev–Trinajstić information content (AvgIpc) is 3.45. The highest BCUT2D eigenvalue weighted by molar-refractivity contribution is 8.00. The summed E-state index contributed by atoms with van der Waals surface area (Å²) in [5.74, 6) is 0.880. The number of nitrogens with one attached hydrogen (secondary N) is 1. The van der Waals surface area contributed by atoms with Gasteiger partial charge in [0.2, 0.25) is 15.9 Å². The number of thioether (sulfide) groups is 1. The van der Waals surface area contributed by atoms with Crippen molar-refractivity contribution in [2.24, 2.45) is 0 Å². The van der Waals surface area contributed by atoms with Crippen molar-refractivity contribution in [3.8, 4) is 0 Å². The lowest BCUT2D eigenvalue weighted by Crippen LogP contribution is -2.31. The van der Waals surface area contributed by atoms with Crippen molar-refractivity contribution in [3.63, 3.8) is 0 Å². The topological polar surface area (TPSA) is 99.9 Å². The number of nitrogens with zero attached hydrogens (tertiary/aromatic N) is 2. The second-order valence-corrected chi connectivity index (χ2v) is 12.2. The van der Waals surface area contributed by atoms with Crippen LogP contribution in [0, 0.1) is 0 Å². The van der Waals surface area contributed by atoms with Gasteiger partial charge in [-0.2, -0.15) is 4.31 Å². The van der Waals surface area contributed by atoms with E-state index in [0.717, 1.165) is 37.0 Å². The lowest BCUT2D eigenvalue weighted by atomic mass is 10.1. The van der Waals surface area contributed by atoms with Crippen LogP contribution in [-0.2, 0) is 21.4 Å². The van der Waals surface area contributed by atoms with Crippen LogP contribution in [-0.4, -0.2) is 48.3 Å². The molecule has 0 saturated carbocycles. The first-order chi connectivity index (χ1) is 17.9. The van der Waals surface area contributed by atoms with Crippen LogP contribution in [0.25, 0.3) is 0 Å². The van der Waals surface area contributed by atoms with Gasteiger partial charge in [-0.25, -0.2) is 8.42 Å². The third-order valence-electron chi connectivity index (χ3n) is 6.65. The highest BCUT2D eigenvalue weighted by Crippen LogP contribution is 2.39. The number of benzene rings is 2. The minimum absolute atomic E-state index is 0.0505. The Morgan fingerprint density at radius 3 is 2.32 bits per heavy atom. The van der Waals surface area contributed by atoms with Crippen LogP contribution in [0.5, 0.6) is 0 Å². The Balaban J connectivity index is 1.23. The number of anilines is 1. The number of rotatable bonds is 7. The minimum atomic E-state index is -3.54. The lowest BCUT2D eigenvalue weighted by molar-refractivity contribution is -0.128. The normalized spacial score (nSPS) is 19.1. The molecule has 2 saturated heterocycles. The van der Waals surface area contributed by atoms with Crippen molar-refractivity contribution in [1.82, 2.24) is 9.21 Å². The fourth-order valence-electron chi connectivity index (χ4n) is 4.62. The van der Waals surface area contributed by atoms with E-state index in [-0.39, 0.29) is 22.1 Å². The van der Waals surface area contributed by atoms with Gasteiger partial charge in [-0.05, 0) is 66.9 Å². The van der Waals surface area contributed by atoms with Gasteiger partial charge >= 0.3 is 0 Å². The first-order valence-corrected chi connectivity index (χ1v) is 14.9. The zero-order valence-corrected chi connectivity index (χ0v) is 22.0. The lowest BCUT2D eigenvalue weighted by Gasteiger charge is -2.23. The predicted octanol–water partition coefficient (Wildman–Crippen LogP) is 4.87. The molecule has 0 aliphatic carbocycles. The molecule has 8 nitrogen and oxygen atoms in total. The summed E-state index contributed by atoms with van der Waals surface area (Å²) < 4.78 is 32.9. The Labute approximate surface area is 221 Å². The van der Waals surface area contributed by atoms with E-state index in [0.29, 0.717) is 36.6 Å². The van der Waals surface area contributed by atoms with Gasteiger partial charge in [0, 0.05) is 24.3 Å². The van der Waals surface area contributed by atoms with Crippen molar-refractivity contribution in [2.75, 3.05) is 24.2 Å². The molecular weight excluding hydrogens is 510 g/mol. The van der Waals surface area contributed by atoms with E-state index >= 15 is 0 Å². The molecule has 5 rings (SSSR count). The average molecular weight is 540 g/mol. The van der Waals surface area contributed by atoms with E-state index in [1.807, 2.05) is 18.2 Å². The van der Waals surface area contributed by atoms with Gasteiger partial charge in [0.05, 0.1) is 23.5 Å². The summed E-state index contributed by atoms with van der Waals surface area (Å²) in [5, 5.41) is 2.69. The molecule has 2 aromatic carbocycles. The Morgan fingerprint density at radius 1 is 0.973 bits per heavy atom. The Hall–Kier alpha value is -3.08. The fraction of sp³-hybridized carbons (Fsp3) is 0.333. The second-order valence-electron chi connectivity index (χ2n) is 9.18. The van der Waals surface area contributed by atoms with Crippen LogP contribution in [0.1, 0.15) is 52.7 Å². The van der Waals surface area contributed by atoms with E-state index in [2.05, 4.69) is 5.32 Å². The van der Waals surface area contributed by atoms with Gasteiger partial charge in [0.25, 0.3) is 5.91 Å². The van der Waals surface area contributed by atoms with E-state index in [9.17, 15) is 18.0 Å². The third-order valence-corrected chi connectivity index (χ3v) is 9.82. The minimum Gasteiger partial charge on any atom is -0.467 e. The molecule has 194 valence electrons. The van der Waals surface area contributed by atoms with Crippen LogP contribution in [0.3, 0.4) is 0 Å². The first kappa shape index (κ1) is 25.6. The quantitative estimate of drug-likeness (QED) is 0.460. The molecule has 1 aromatic heterocycles. The molecule has 2 amide bonds. The van der Waals surface area contributed by atoms with Crippen LogP contribution in [0.15, 0.2) is 76.2 Å². The van der Waals surface area contributed by atoms with Crippen molar-refractivity contribution >= 4 is 39.3 Å². The maximum atomic E-state index is 13.0. The highest BCUT2D eigenvalue weighted by Gasteiger charge is 2.33. The molecule has 37 heavy (non-hydrogen) atoms. The molecule has 3 heterocycles. The van der Waals surface area contributed by atoms with Crippen LogP contribution in [0.2, 0.25) is 0 Å². The smallest absolute Gasteiger partial charge is 0.255 e. The van der Waals surface area contributed by atoms with Gasteiger partial charge in [-0.3, -0.25) is 9.59 Å². The summed E-state index contributed by atoms with van der Waals surface area (Å²) in [7, 11) is -3.54. The van der Waals surface area contributed by atoms with Gasteiger partial charge in [-0.15, -0.1) is 11.8 Å². The third kappa shape index (κ3) is 5.76. The van der Waals surface area contributed by atoms with Crippen molar-refractivity contribution in [2.45, 2.75) is 42.5 Å². The number of amides is 2. The fourth-order valence-corrected chi connectivity index (χ4v) is 7.32. The number of carbonyl (C=O) groups excluding carboxylic acids is 2. The van der Waals surface area contributed by atoms with E-state index < -0.39 is 10.0 Å². The molecule has 1 unspecified atom stereocenters. The zero-order chi connectivity index (χ0) is 25.8. The van der Waals surface area contributed by atoms with Gasteiger partial charge in [0.15, 0.2) is 0 Å². The maximum absolute atomic E-state index is 13.0. The number of hydrogen-bond donors (Lipinski definition) is 1. The number of sulfonamides is 1. The SMILES string of the molecule is O=C(Nc1ccc(S(=O)(=O)N2CCCCCC2)cc1)c1ccc(C2SCC(=O)N2Cc2ccco2)cc1. The first-order valence-electron chi connectivity index (χ1n) is 12.4. The molecule has 0 bridgehead atoms. The number of hydrogen-bond acceptors (Lipinski definition) is 6. The predicted molar refractivity (Wildman–Crippen MR) is 143 cm³/mol. The summed E-state index contributed by atoms with van der Waals surface area (Å²) in [6, 6.07) is 17.1.